The second-order valence-corrected chi connectivity index (χ2v) is 6.54. The molecular weight excluding hydrogens is 330 g/mol. The highest BCUT2D eigenvalue weighted by atomic mass is 35.5. The van der Waals surface area contributed by atoms with Crippen molar-refractivity contribution >= 4 is 29.3 Å². The molecule has 0 aliphatic carbocycles. The summed E-state index contributed by atoms with van der Waals surface area (Å²) in [7, 11) is 1.64. The highest BCUT2D eigenvalue weighted by Gasteiger charge is 2.10. The van der Waals surface area contributed by atoms with E-state index in [4.69, 9.17) is 16.3 Å². The Labute approximate surface area is 146 Å². The van der Waals surface area contributed by atoms with Gasteiger partial charge in [-0.1, -0.05) is 41.9 Å². The van der Waals surface area contributed by atoms with Gasteiger partial charge in [0, 0.05) is 10.8 Å². The molecule has 0 aliphatic heterocycles. The average Bonchev–Trinajstić information content (AvgIpc) is 2.56. The van der Waals surface area contributed by atoms with E-state index in [-0.39, 0.29) is 11.9 Å². The van der Waals surface area contributed by atoms with E-state index in [9.17, 15) is 4.79 Å². The van der Waals surface area contributed by atoms with E-state index in [0.29, 0.717) is 5.75 Å². The van der Waals surface area contributed by atoms with Gasteiger partial charge in [-0.15, -0.1) is 11.8 Å². The third-order valence-electron chi connectivity index (χ3n) is 3.44. The van der Waals surface area contributed by atoms with Gasteiger partial charge in [-0.05, 0) is 36.2 Å². The van der Waals surface area contributed by atoms with Gasteiger partial charge in [0.15, 0.2) is 0 Å². The lowest BCUT2D eigenvalue weighted by atomic mass is 10.1. The predicted octanol–water partition coefficient (Wildman–Crippen LogP) is 4.46. The van der Waals surface area contributed by atoms with Gasteiger partial charge < -0.3 is 10.1 Å². The van der Waals surface area contributed by atoms with Crippen LogP contribution in [0.1, 0.15) is 24.1 Å². The molecule has 0 saturated carbocycles. The van der Waals surface area contributed by atoms with E-state index in [1.54, 1.807) is 18.9 Å². The van der Waals surface area contributed by atoms with Crippen molar-refractivity contribution in [3.8, 4) is 5.75 Å². The Balaban J connectivity index is 1.78. The lowest BCUT2D eigenvalue weighted by molar-refractivity contribution is -0.119. The van der Waals surface area contributed by atoms with Gasteiger partial charge in [0.2, 0.25) is 5.91 Å². The largest absolute Gasteiger partial charge is 0.497 e. The molecule has 122 valence electrons. The SMILES string of the molecule is COc1ccc([C@@H](C)NC(=O)CSCc2ccccc2Cl)cc1. The Morgan fingerprint density at radius 3 is 2.57 bits per heavy atom. The maximum Gasteiger partial charge on any atom is 0.230 e. The van der Waals surface area contributed by atoms with Crippen LogP contribution in [0, 0.1) is 0 Å². The van der Waals surface area contributed by atoms with E-state index >= 15 is 0 Å². The molecule has 23 heavy (non-hydrogen) atoms. The number of benzene rings is 2. The van der Waals surface area contributed by atoms with Gasteiger partial charge in [0.05, 0.1) is 18.9 Å². The number of amides is 1. The Kier molecular flexibility index (Phi) is 6.81. The number of carbonyl (C=O) groups excluding carboxylic acids is 1. The lowest BCUT2D eigenvalue weighted by Gasteiger charge is -2.14. The Morgan fingerprint density at radius 2 is 1.91 bits per heavy atom. The number of thioether (sulfide) groups is 1. The first-order valence-corrected chi connectivity index (χ1v) is 8.88. The first-order valence-electron chi connectivity index (χ1n) is 7.34. The van der Waals surface area contributed by atoms with Crippen LogP contribution in [0.2, 0.25) is 5.02 Å². The standard InChI is InChI=1S/C18H20ClNO2S/c1-13(14-7-9-16(22-2)10-8-14)20-18(21)12-23-11-15-5-3-4-6-17(15)19/h3-10,13H,11-12H2,1-2H3,(H,20,21)/t13-/m1/s1. The van der Waals surface area contributed by atoms with E-state index in [1.807, 2.05) is 55.5 Å². The van der Waals surface area contributed by atoms with Crippen LogP contribution < -0.4 is 10.1 Å². The molecule has 0 heterocycles. The van der Waals surface area contributed by atoms with Crippen molar-refractivity contribution < 1.29 is 9.53 Å². The van der Waals surface area contributed by atoms with Crippen molar-refractivity contribution in [1.29, 1.82) is 0 Å². The number of carbonyl (C=O) groups is 1. The molecule has 0 saturated heterocycles. The van der Waals surface area contributed by atoms with Gasteiger partial charge in [-0.2, -0.15) is 0 Å². The summed E-state index contributed by atoms with van der Waals surface area (Å²) in [6, 6.07) is 15.4. The van der Waals surface area contributed by atoms with Gasteiger partial charge in [0.1, 0.15) is 5.75 Å². The number of hydrogen-bond acceptors (Lipinski definition) is 3. The van der Waals surface area contributed by atoms with Crippen LogP contribution in [-0.4, -0.2) is 18.8 Å². The maximum absolute atomic E-state index is 12.0. The summed E-state index contributed by atoms with van der Waals surface area (Å²) < 4.78 is 5.13. The third-order valence-corrected chi connectivity index (χ3v) is 4.79. The Morgan fingerprint density at radius 1 is 1.22 bits per heavy atom. The number of rotatable bonds is 7. The van der Waals surface area contributed by atoms with Gasteiger partial charge in [0.25, 0.3) is 0 Å². The fourth-order valence-electron chi connectivity index (χ4n) is 2.13. The highest BCUT2D eigenvalue weighted by molar-refractivity contribution is 7.99. The molecule has 0 spiro atoms. The predicted molar refractivity (Wildman–Crippen MR) is 97.2 cm³/mol. The van der Waals surface area contributed by atoms with E-state index in [2.05, 4.69) is 5.32 Å². The molecule has 1 amide bonds. The summed E-state index contributed by atoms with van der Waals surface area (Å²) >= 11 is 7.66. The summed E-state index contributed by atoms with van der Waals surface area (Å²) in [5.74, 6) is 1.96. The molecule has 0 unspecified atom stereocenters. The fourth-order valence-corrected chi connectivity index (χ4v) is 3.25. The van der Waals surface area contributed by atoms with E-state index in [0.717, 1.165) is 27.7 Å². The zero-order valence-corrected chi connectivity index (χ0v) is 14.8. The molecule has 0 bridgehead atoms. The number of halogens is 1. The summed E-state index contributed by atoms with van der Waals surface area (Å²) in [6.07, 6.45) is 0. The minimum atomic E-state index is -0.0330. The molecule has 2 aromatic carbocycles. The molecule has 0 fully saturated rings. The van der Waals surface area contributed by atoms with Crippen molar-refractivity contribution in [2.24, 2.45) is 0 Å². The quantitative estimate of drug-likeness (QED) is 0.802. The van der Waals surface area contributed by atoms with Crippen LogP contribution in [0.5, 0.6) is 5.75 Å². The minimum absolute atomic E-state index is 0.0189. The zero-order chi connectivity index (χ0) is 16.7. The first kappa shape index (κ1) is 17.7. The second-order valence-electron chi connectivity index (χ2n) is 5.15. The van der Waals surface area contributed by atoms with Gasteiger partial charge in [-0.3, -0.25) is 4.79 Å². The minimum Gasteiger partial charge on any atom is -0.497 e. The molecule has 0 radical (unpaired) electrons. The van der Waals surface area contributed by atoms with Crippen molar-refractivity contribution in [2.45, 2.75) is 18.7 Å². The summed E-state index contributed by atoms with van der Waals surface area (Å²) in [4.78, 5) is 12.0. The molecule has 1 N–H and O–H groups in total. The first-order chi connectivity index (χ1) is 11.1. The van der Waals surface area contributed by atoms with Crippen LogP contribution in [0.25, 0.3) is 0 Å². The lowest BCUT2D eigenvalue weighted by Crippen LogP contribution is -2.28. The van der Waals surface area contributed by atoms with Crippen molar-refractivity contribution in [2.75, 3.05) is 12.9 Å². The molecular formula is C18H20ClNO2S. The highest BCUT2D eigenvalue weighted by Crippen LogP contribution is 2.21. The zero-order valence-electron chi connectivity index (χ0n) is 13.2. The van der Waals surface area contributed by atoms with Gasteiger partial charge in [-0.25, -0.2) is 0 Å². The molecule has 2 rings (SSSR count). The van der Waals surface area contributed by atoms with Crippen LogP contribution in [0.3, 0.4) is 0 Å². The normalized spacial score (nSPS) is 11.8. The monoisotopic (exact) mass is 349 g/mol. The summed E-state index contributed by atoms with van der Waals surface area (Å²) in [5, 5.41) is 3.74. The second kappa shape index (κ2) is 8.85. The Hall–Kier alpha value is -1.65. The fraction of sp³-hybridized carbons (Fsp3) is 0.278. The van der Waals surface area contributed by atoms with Gasteiger partial charge >= 0.3 is 0 Å². The van der Waals surface area contributed by atoms with E-state index < -0.39 is 0 Å². The number of methoxy groups -OCH3 is 1. The maximum atomic E-state index is 12.0. The van der Waals surface area contributed by atoms with Crippen LogP contribution in [0.4, 0.5) is 0 Å². The third kappa shape index (κ3) is 5.48. The van der Waals surface area contributed by atoms with E-state index in [1.165, 1.54) is 0 Å². The smallest absolute Gasteiger partial charge is 0.230 e. The molecule has 2 aromatic rings. The molecule has 5 heteroatoms. The number of ether oxygens (including phenoxy) is 1. The molecule has 0 aliphatic rings. The van der Waals surface area contributed by atoms with Crippen molar-refractivity contribution in [3.63, 3.8) is 0 Å². The molecule has 1 atom stereocenters. The number of nitrogens with one attached hydrogen (secondary N) is 1. The topological polar surface area (TPSA) is 38.3 Å². The van der Waals surface area contributed by atoms with Crippen molar-refractivity contribution in [3.05, 3.63) is 64.7 Å². The Bertz CT molecular complexity index is 646. The molecule has 0 aromatic heterocycles. The van der Waals surface area contributed by atoms with Crippen LogP contribution >= 0.6 is 23.4 Å². The van der Waals surface area contributed by atoms with Crippen LogP contribution in [0.15, 0.2) is 48.5 Å². The summed E-state index contributed by atoms with van der Waals surface area (Å²) in [5.41, 5.74) is 2.10. The van der Waals surface area contributed by atoms with Crippen LogP contribution in [-0.2, 0) is 10.5 Å². The molecule has 3 nitrogen and oxygen atoms in total. The van der Waals surface area contributed by atoms with Crippen molar-refractivity contribution in [1.82, 2.24) is 5.32 Å². The summed E-state index contributed by atoms with van der Waals surface area (Å²) in [6.45, 7) is 1.97. The average molecular weight is 350 g/mol. The number of hydrogen-bond donors (Lipinski definition) is 1.